The fraction of sp³-hybridized carbons (Fsp3) is 0.188. The quantitative estimate of drug-likeness (QED) is 0.866. The van der Waals surface area contributed by atoms with Gasteiger partial charge in [-0.15, -0.1) is 0 Å². The largest absolute Gasteiger partial charge is 0.467 e. The number of anilines is 1. The maximum absolute atomic E-state index is 12.0. The van der Waals surface area contributed by atoms with Gasteiger partial charge in [-0.1, -0.05) is 53.6 Å². The lowest BCUT2D eigenvalue weighted by atomic mass is 10.0. The molecule has 0 saturated heterocycles. The van der Waals surface area contributed by atoms with Gasteiger partial charge in [0.1, 0.15) is 0 Å². The van der Waals surface area contributed by atoms with E-state index >= 15 is 0 Å². The molecule has 2 aromatic rings. The van der Waals surface area contributed by atoms with Crippen LogP contribution in [-0.2, 0) is 9.53 Å². The average molecular weight is 290 g/mol. The number of rotatable bonds is 4. The van der Waals surface area contributed by atoms with Gasteiger partial charge in [-0.25, -0.2) is 4.79 Å². The first-order valence-electron chi connectivity index (χ1n) is 6.27. The van der Waals surface area contributed by atoms with Crippen LogP contribution in [-0.4, -0.2) is 13.1 Å². The van der Waals surface area contributed by atoms with Crippen LogP contribution in [0.4, 0.5) is 5.69 Å². The Morgan fingerprint density at radius 2 is 1.95 bits per heavy atom. The molecule has 1 atom stereocenters. The third kappa shape index (κ3) is 3.31. The highest BCUT2D eigenvalue weighted by atomic mass is 35.5. The summed E-state index contributed by atoms with van der Waals surface area (Å²) in [6, 6.07) is 14.4. The van der Waals surface area contributed by atoms with E-state index in [1.165, 1.54) is 7.11 Å². The van der Waals surface area contributed by atoms with Crippen molar-refractivity contribution in [1.29, 1.82) is 0 Å². The molecule has 0 aliphatic heterocycles. The van der Waals surface area contributed by atoms with Crippen molar-refractivity contribution in [3.05, 3.63) is 64.7 Å². The van der Waals surface area contributed by atoms with E-state index in [-0.39, 0.29) is 5.97 Å². The number of para-hydroxylation sites is 1. The topological polar surface area (TPSA) is 38.3 Å². The van der Waals surface area contributed by atoms with E-state index in [4.69, 9.17) is 16.3 Å². The number of carbonyl (C=O) groups is 1. The van der Waals surface area contributed by atoms with Gasteiger partial charge in [-0.3, -0.25) is 0 Å². The van der Waals surface area contributed by atoms with Gasteiger partial charge in [0.15, 0.2) is 6.04 Å². The van der Waals surface area contributed by atoms with Crippen molar-refractivity contribution in [2.24, 2.45) is 0 Å². The molecular weight excluding hydrogens is 274 g/mol. The molecule has 0 fully saturated rings. The minimum atomic E-state index is -0.584. The van der Waals surface area contributed by atoms with Crippen LogP contribution < -0.4 is 5.32 Å². The maximum atomic E-state index is 12.0. The van der Waals surface area contributed by atoms with Crippen molar-refractivity contribution < 1.29 is 9.53 Å². The van der Waals surface area contributed by atoms with Crippen molar-refractivity contribution in [2.45, 2.75) is 13.0 Å². The molecule has 0 bridgehead atoms. The average Bonchev–Trinajstić information content (AvgIpc) is 2.45. The van der Waals surface area contributed by atoms with E-state index in [0.29, 0.717) is 10.7 Å². The van der Waals surface area contributed by atoms with Gasteiger partial charge in [0.25, 0.3) is 0 Å². The van der Waals surface area contributed by atoms with Crippen LogP contribution >= 0.6 is 11.6 Å². The summed E-state index contributed by atoms with van der Waals surface area (Å²) in [6.07, 6.45) is 0. The van der Waals surface area contributed by atoms with Crippen molar-refractivity contribution in [3.63, 3.8) is 0 Å². The fourth-order valence-corrected chi connectivity index (χ4v) is 2.17. The van der Waals surface area contributed by atoms with Crippen molar-refractivity contribution in [1.82, 2.24) is 0 Å². The number of carbonyl (C=O) groups excluding carboxylic acids is 1. The highest BCUT2D eigenvalue weighted by molar-refractivity contribution is 6.33. The van der Waals surface area contributed by atoms with Gasteiger partial charge in [0.05, 0.1) is 17.8 Å². The second kappa shape index (κ2) is 6.44. The van der Waals surface area contributed by atoms with Crippen LogP contribution in [0.5, 0.6) is 0 Å². The normalized spacial score (nSPS) is 11.8. The van der Waals surface area contributed by atoms with Crippen molar-refractivity contribution >= 4 is 23.3 Å². The Morgan fingerprint density at radius 3 is 2.60 bits per heavy atom. The Balaban J connectivity index is 2.34. The summed E-state index contributed by atoms with van der Waals surface area (Å²) in [5, 5.41) is 3.70. The lowest BCUT2D eigenvalue weighted by Crippen LogP contribution is -2.22. The number of hydrogen-bond acceptors (Lipinski definition) is 3. The molecule has 2 aromatic carbocycles. The molecule has 0 saturated carbocycles. The number of hydrogen-bond donors (Lipinski definition) is 1. The molecule has 0 aromatic heterocycles. The van der Waals surface area contributed by atoms with Crippen LogP contribution in [0.2, 0.25) is 5.02 Å². The number of methoxy groups -OCH3 is 1. The smallest absolute Gasteiger partial charge is 0.332 e. The SMILES string of the molecule is COC(=O)C(Nc1ccccc1Cl)c1cccc(C)c1. The number of nitrogens with one attached hydrogen (secondary N) is 1. The molecule has 0 heterocycles. The second-order valence-electron chi connectivity index (χ2n) is 4.49. The molecule has 0 radical (unpaired) electrons. The zero-order chi connectivity index (χ0) is 14.5. The third-order valence-corrected chi connectivity index (χ3v) is 3.32. The number of aryl methyl sites for hydroxylation is 1. The summed E-state index contributed by atoms with van der Waals surface area (Å²) in [7, 11) is 1.37. The molecule has 0 aliphatic rings. The van der Waals surface area contributed by atoms with Gasteiger partial charge in [-0.2, -0.15) is 0 Å². The molecular formula is C16H16ClNO2. The van der Waals surface area contributed by atoms with Crippen molar-refractivity contribution in [3.8, 4) is 0 Å². The van der Waals surface area contributed by atoms with E-state index < -0.39 is 6.04 Å². The summed E-state index contributed by atoms with van der Waals surface area (Å²) in [5.41, 5.74) is 2.63. The monoisotopic (exact) mass is 289 g/mol. The second-order valence-corrected chi connectivity index (χ2v) is 4.90. The van der Waals surface area contributed by atoms with E-state index in [9.17, 15) is 4.79 Å². The molecule has 0 aliphatic carbocycles. The molecule has 3 nitrogen and oxygen atoms in total. The van der Waals surface area contributed by atoms with Crippen LogP contribution in [0.15, 0.2) is 48.5 Å². The zero-order valence-corrected chi connectivity index (χ0v) is 12.1. The third-order valence-electron chi connectivity index (χ3n) is 2.99. The van der Waals surface area contributed by atoms with Gasteiger partial charge >= 0.3 is 5.97 Å². The van der Waals surface area contributed by atoms with E-state index in [0.717, 1.165) is 11.1 Å². The standard InChI is InChI=1S/C16H16ClNO2/c1-11-6-5-7-12(10-11)15(16(19)20-2)18-14-9-4-3-8-13(14)17/h3-10,15,18H,1-2H3. The Hall–Kier alpha value is -2.00. The molecule has 1 unspecified atom stereocenters. The van der Waals surface area contributed by atoms with Gasteiger partial charge < -0.3 is 10.1 Å². The van der Waals surface area contributed by atoms with Crippen LogP contribution in [0.3, 0.4) is 0 Å². The van der Waals surface area contributed by atoms with E-state index in [1.807, 2.05) is 49.4 Å². The van der Waals surface area contributed by atoms with Crippen LogP contribution in [0.25, 0.3) is 0 Å². The molecule has 0 amide bonds. The van der Waals surface area contributed by atoms with Gasteiger partial charge in [0.2, 0.25) is 0 Å². The predicted octanol–water partition coefficient (Wildman–Crippen LogP) is 3.97. The molecule has 104 valence electrons. The summed E-state index contributed by atoms with van der Waals surface area (Å²) < 4.78 is 4.87. The Morgan fingerprint density at radius 1 is 1.20 bits per heavy atom. The summed E-state index contributed by atoms with van der Waals surface area (Å²) >= 11 is 6.12. The van der Waals surface area contributed by atoms with Gasteiger partial charge in [-0.05, 0) is 24.6 Å². The highest BCUT2D eigenvalue weighted by Gasteiger charge is 2.22. The van der Waals surface area contributed by atoms with E-state index in [1.54, 1.807) is 6.07 Å². The molecule has 2 rings (SSSR count). The minimum Gasteiger partial charge on any atom is -0.467 e. The Bertz CT molecular complexity index is 613. The molecule has 4 heteroatoms. The van der Waals surface area contributed by atoms with Crippen LogP contribution in [0.1, 0.15) is 17.2 Å². The molecule has 0 spiro atoms. The zero-order valence-electron chi connectivity index (χ0n) is 11.4. The summed E-state index contributed by atoms with van der Waals surface area (Å²) in [4.78, 5) is 12.0. The fourth-order valence-electron chi connectivity index (χ4n) is 1.98. The Labute approximate surface area is 123 Å². The highest BCUT2D eigenvalue weighted by Crippen LogP contribution is 2.27. The number of ether oxygens (including phenoxy) is 1. The Kier molecular flexibility index (Phi) is 4.64. The molecule has 1 N–H and O–H groups in total. The summed E-state index contributed by atoms with van der Waals surface area (Å²) in [5.74, 6) is -0.351. The van der Waals surface area contributed by atoms with Crippen molar-refractivity contribution in [2.75, 3.05) is 12.4 Å². The molecule has 20 heavy (non-hydrogen) atoms. The first kappa shape index (κ1) is 14.4. The van der Waals surface area contributed by atoms with Crippen LogP contribution in [0, 0.1) is 6.92 Å². The number of esters is 1. The number of halogens is 1. The first-order valence-corrected chi connectivity index (χ1v) is 6.65. The lowest BCUT2D eigenvalue weighted by molar-refractivity contribution is -0.141. The summed E-state index contributed by atoms with van der Waals surface area (Å²) in [6.45, 7) is 1.98. The lowest BCUT2D eigenvalue weighted by Gasteiger charge is -2.19. The predicted molar refractivity (Wildman–Crippen MR) is 81.0 cm³/mol. The minimum absolute atomic E-state index is 0.351. The van der Waals surface area contributed by atoms with Gasteiger partial charge in [0, 0.05) is 0 Å². The number of benzene rings is 2. The first-order chi connectivity index (χ1) is 9.61. The maximum Gasteiger partial charge on any atom is 0.332 e. The van der Waals surface area contributed by atoms with E-state index in [2.05, 4.69) is 5.32 Å².